The molecule has 1 aliphatic carbocycles. The van der Waals surface area contributed by atoms with Crippen LogP contribution in [0.15, 0.2) is 42.7 Å². The topological polar surface area (TPSA) is 38.1 Å². The predicted octanol–water partition coefficient (Wildman–Crippen LogP) is 3.90. The van der Waals surface area contributed by atoms with E-state index in [2.05, 4.69) is 10.00 Å². The number of piperidine rings is 1. The van der Waals surface area contributed by atoms with Crippen LogP contribution in [0.4, 0.5) is 0 Å². The van der Waals surface area contributed by atoms with E-state index in [0.717, 1.165) is 62.3 Å². The van der Waals surface area contributed by atoms with E-state index in [9.17, 15) is 4.79 Å². The van der Waals surface area contributed by atoms with Gasteiger partial charge in [0.15, 0.2) is 0 Å². The van der Waals surface area contributed by atoms with Crippen LogP contribution in [-0.2, 0) is 16.8 Å². The molecule has 4 nitrogen and oxygen atoms in total. The van der Waals surface area contributed by atoms with Crippen molar-refractivity contribution in [3.8, 4) is 0 Å². The molecular weight excluding hydrogens is 334 g/mol. The monoisotopic (exact) mass is 357 g/mol. The van der Waals surface area contributed by atoms with Crippen molar-refractivity contribution in [2.45, 2.75) is 44.1 Å². The Morgan fingerprint density at radius 1 is 1.20 bits per heavy atom. The third-order valence-corrected chi connectivity index (χ3v) is 6.04. The smallest absolute Gasteiger partial charge is 0.233 e. The Morgan fingerprint density at radius 2 is 1.92 bits per heavy atom. The van der Waals surface area contributed by atoms with Crippen LogP contribution >= 0.6 is 11.6 Å². The molecule has 0 unspecified atom stereocenters. The summed E-state index contributed by atoms with van der Waals surface area (Å²) in [5, 5.41) is 4.99. The van der Waals surface area contributed by atoms with Crippen LogP contribution in [-0.4, -0.2) is 33.7 Å². The van der Waals surface area contributed by atoms with Gasteiger partial charge >= 0.3 is 0 Å². The summed E-state index contributed by atoms with van der Waals surface area (Å²) in [5.41, 5.74) is 0.856. The number of benzene rings is 1. The van der Waals surface area contributed by atoms with Gasteiger partial charge in [0.05, 0.1) is 5.41 Å². The largest absolute Gasteiger partial charge is 0.342 e. The predicted molar refractivity (Wildman–Crippen MR) is 98.5 cm³/mol. The number of likely N-dealkylation sites (tertiary alicyclic amines) is 1. The molecule has 0 radical (unpaired) electrons. The third-order valence-electron chi connectivity index (χ3n) is 5.78. The Morgan fingerprint density at radius 3 is 2.52 bits per heavy atom. The number of aryl methyl sites for hydroxylation is 1. The lowest BCUT2D eigenvalue weighted by Gasteiger charge is -2.34. The molecule has 5 heteroatoms. The van der Waals surface area contributed by atoms with Crippen molar-refractivity contribution >= 4 is 17.5 Å². The molecule has 1 amide bonds. The maximum atomic E-state index is 13.1. The Hall–Kier alpha value is -1.81. The first-order valence-electron chi connectivity index (χ1n) is 9.20. The zero-order valence-corrected chi connectivity index (χ0v) is 15.2. The van der Waals surface area contributed by atoms with Crippen molar-refractivity contribution in [2.24, 2.45) is 5.92 Å². The minimum atomic E-state index is -0.271. The fourth-order valence-electron chi connectivity index (χ4n) is 3.99. The molecule has 1 aromatic carbocycles. The van der Waals surface area contributed by atoms with Crippen LogP contribution in [0.5, 0.6) is 0 Å². The number of carbonyl (C=O) groups is 1. The molecule has 132 valence electrons. The van der Waals surface area contributed by atoms with Gasteiger partial charge in [0.25, 0.3) is 0 Å². The number of hydrogen-bond donors (Lipinski definition) is 0. The van der Waals surface area contributed by atoms with Crippen molar-refractivity contribution in [1.29, 1.82) is 0 Å². The molecule has 2 aromatic rings. The van der Waals surface area contributed by atoms with E-state index < -0.39 is 0 Å². The van der Waals surface area contributed by atoms with E-state index in [1.165, 1.54) is 0 Å². The SMILES string of the molecule is O=C(N1CCC(CCn2cccn2)CC1)C1(c2ccc(Cl)cc2)CC1. The molecule has 2 fully saturated rings. The lowest BCUT2D eigenvalue weighted by Crippen LogP contribution is -2.44. The second kappa shape index (κ2) is 6.83. The number of amides is 1. The van der Waals surface area contributed by atoms with E-state index in [-0.39, 0.29) is 5.41 Å². The fourth-order valence-corrected chi connectivity index (χ4v) is 4.12. The first-order valence-corrected chi connectivity index (χ1v) is 9.58. The zero-order chi connectivity index (χ0) is 17.3. The van der Waals surface area contributed by atoms with Gasteiger partial charge in [-0.1, -0.05) is 23.7 Å². The average molecular weight is 358 g/mol. The highest BCUT2D eigenvalue weighted by Crippen LogP contribution is 2.50. The summed E-state index contributed by atoms with van der Waals surface area (Å²) in [5.74, 6) is 1.01. The third kappa shape index (κ3) is 3.45. The van der Waals surface area contributed by atoms with Crippen LogP contribution in [0.25, 0.3) is 0 Å². The molecular formula is C20H24ClN3O. The molecule has 2 heterocycles. The van der Waals surface area contributed by atoms with Gasteiger partial charge in [-0.25, -0.2) is 0 Å². The molecule has 0 spiro atoms. The zero-order valence-electron chi connectivity index (χ0n) is 14.4. The molecule has 1 aromatic heterocycles. The maximum absolute atomic E-state index is 13.1. The van der Waals surface area contributed by atoms with Crippen LogP contribution < -0.4 is 0 Å². The summed E-state index contributed by atoms with van der Waals surface area (Å²) in [6.07, 6.45) is 9.12. The second-order valence-electron chi connectivity index (χ2n) is 7.38. The normalized spacial score (nSPS) is 19.8. The highest BCUT2D eigenvalue weighted by Gasteiger charge is 2.53. The molecule has 0 N–H and O–H groups in total. The Bertz CT molecular complexity index is 714. The molecule has 4 rings (SSSR count). The molecule has 0 bridgehead atoms. The molecule has 1 saturated heterocycles. The lowest BCUT2D eigenvalue weighted by molar-refractivity contribution is -0.135. The van der Waals surface area contributed by atoms with Crippen molar-refractivity contribution in [3.63, 3.8) is 0 Å². The summed E-state index contributed by atoms with van der Waals surface area (Å²) >= 11 is 5.99. The Labute approximate surface area is 153 Å². The van der Waals surface area contributed by atoms with E-state index in [4.69, 9.17) is 11.6 Å². The highest BCUT2D eigenvalue weighted by molar-refractivity contribution is 6.30. The molecule has 1 saturated carbocycles. The first kappa shape index (κ1) is 16.6. The van der Waals surface area contributed by atoms with E-state index in [0.29, 0.717) is 11.8 Å². The lowest BCUT2D eigenvalue weighted by atomic mass is 9.90. The van der Waals surface area contributed by atoms with E-state index >= 15 is 0 Å². The van der Waals surface area contributed by atoms with Gasteiger partial charge in [-0.2, -0.15) is 5.10 Å². The Balaban J connectivity index is 1.33. The molecule has 0 atom stereocenters. The summed E-state index contributed by atoms with van der Waals surface area (Å²) < 4.78 is 2.00. The summed E-state index contributed by atoms with van der Waals surface area (Å²) in [6.45, 7) is 2.75. The summed E-state index contributed by atoms with van der Waals surface area (Å²) in [7, 11) is 0. The number of halogens is 1. The summed E-state index contributed by atoms with van der Waals surface area (Å²) in [6, 6.07) is 9.79. The van der Waals surface area contributed by atoms with Gasteiger partial charge in [0.2, 0.25) is 5.91 Å². The maximum Gasteiger partial charge on any atom is 0.233 e. The van der Waals surface area contributed by atoms with Crippen molar-refractivity contribution in [1.82, 2.24) is 14.7 Å². The van der Waals surface area contributed by atoms with Gasteiger partial charge in [-0.3, -0.25) is 9.48 Å². The van der Waals surface area contributed by atoms with Gasteiger partial charge in [0, 0.05) is 37.1 Å². The van der Waals surface area contributed by atoms with Gasteiger partial charge in [-0.05, 0) is 61.8 Å². The quantitative estimate of drug-likeness (QED) is 0.814. The van der Waals surface area contributed by atoms with Crippen molar-refractivity contribution in [3.05, 3.63) is 53.3 Å². The molecule has 2 aliphatic rings. The average Bonchev–Trinajstić information content (AvgIpc) is 3.28. The van der Waals surface area contributed by atoms with Crippen LogP contribution in [0, 0.1) is 5.92 Å². The number of rotatable bonds is 5. The number of hydrogen-bond acceptors (Lipinski definition) is 2. The standard InChI is InChI=1S/C20H24ClN3O/c21-18-4-2-17(3-5-18)20(9-10-20)19(25)23-13-6-16(7-14-23)8-15-24-12-1-11-22-24/h1-5,11-12,16H,6-10,13-15H2. The van der Waals surface area contributed by atoms with E-state index in [1.54, 1.807) is 0 Å². The number of nitrogens with zero attached hydrogens (tertiary/aromatic N) is 3. The number of carbonyl (C=O) groups excluding carboxylic acids is 1. The fraction of sp³-hybridized carbons (Fsp3) is 0.500. The van der Waals surface area contributed by atoms with E-state index in [1.807, 2.05) is 47.4 Å². The molecule has 1 aliphatic heterocycles. The van der Waals surface area contributed by atoms with Crippen molar-refractivity contribution < 1.29 is 4.79 Å². The van der Waals surface area contributed by atoms with Gasteiger partial charge in [0.1, 0.15) is 0 Å². The van der Waals surface area contributed by atoms with Crippen molar-refractivity contribution in [2.75, 3.05) is 13.1 Å². The minimum Gasteiger partial charge on any atom is -0.342 e. The first-order chi connectivity index (χ1) is 12.2. The molecule has 25 heavy (non-hydrogen) atoms. The van der Waals surface area contributed by atoms with Crippen LogP contribution in [0.3, 0.4) is 0 Å². The van der Waals surface area contributed by atoms with Gasteiger partial charge < -0.3 is 4.90 Å². The van der Waals surface area contributed by atoms with Gasteiger partial charge in [-0.15, -0.1) is 0 Å². The van der Waals surface area contributed by atoms with Crippen LogP contribution in [0.1, 0.15) is 37.7 Å². The number of aromatic nitrogens is 2. The minimum absolute atomic E-state index is 0.271. The highest BCUT2D eigenvalue weighted by atomic mass is 35.5. The second-order valence-corrected chi connectivity index (χ2v) is 7.82. The Kier molecular flexibility index (Phi) is 4.55. The summed E-state index contributed by atoms with van der Waals surface area (Å²) in [4.78, 5) is 15.2. The van der Waals surface area contributed by atoms with Crippen LogP contribution in [0.2, 0.25) is 5.02 Å².